The molecule has 0 saturated carbocycles. The number of carboxylic acid groups (broad SMARTS) is 1. The van der Waals surface area contributed by atoms with E-state index in [2.05, 4.69) is 4.90 Å². The average molecular weight is 249 g/mol. The van der Waals surface area contributed by atoms with Crippen molar-refractivity contribution in [3.63, 3.8) is 0 Å². The van der Waals surface area contributed by atoms with Crippen LogP contribution in [0.25, 0.3) is 0 Å². The van der Waals surface area contributed by atoms with E-state index in [1.807, 2.05) is 24.3 Å². The van der Waals surface area contributed by atoms with Crippen molar-refractivity contribution >= 4 is 17.5 Å². The molecule has 0 aromatic heterocycles. The van der Waals surface area contributed by atoms with Crippen molar-refractivity contribution in [1.82, 2.24) is 4.90 Å². The monoisotopic (exact) mass is 249 g/mol. The van der Waals surface area contributed by atoms with E-state index < -0.39 is 6.09 Å². The lowest BCUT2D eigenvalue weighted by Crippen LogP contribution is -2.45. The van der Waals surface area contributed by atoms with E-state index in [0.717, 1.165) is 37.3 Å². The van der Waals surface area contributed by atoms with Gasteiger partial charge in [-0.3, -0.25) is 0 Å². The molecule has 2 rings (SSSR count). The summed E-state index contributed by atoms with van der Waals surface area (Å²) in [4.78, 5) is 14.6. The Hall–Kier alpha value is -1.91. The smallest absolute Gasteiger partial charge is 0.407 e. The third-order valence-electron chi connectivity index (χ3n) is 3.57. The molecule has 0 spiro atoms. The Bertz CT molecular complexity index is 411. The van der Waals surface area contributed by atoms with Gasteiger partial charge in [-0.1, -0.05) is 0 Å². The van der Waals surface area contributed by atoms with E-state index in [-0.39, 0.29) is 6.04 Å². The lowest BCUT2D eigenvalue weighted by Gasteiger charge is -2.36. The molecule has 3 N–H and O–H groups in total. The highest BCUT2D eigenvalue weighted by Gasteiger charge is 2.24. The molecule has 1 fully saturated rings. The van der Waals surface area contributed by atoms with Crippen LogP contribution in [0.4, 0.5) is 16.2 Å². The van der Waals surface area contributed by atoms with Crippen LogP contribution in [0.2, 0.25) is 0 Å². The largest absolute Gasteiger partial charge is 0.465 e. The SMILES string of the molecule is CN(C(=O)O)C1CCN(c2ccc(N)cc2)CC1. The zero-order chi connectivity index (χ0) is 13.1. The van der Waals surface area contributed by atoms with Crippen molar-refractivity contribution in [2.45, 2.75) is 18.9 Å². The molecule has 0 radical (unpaired) electrons. The molecule has 0 aliphatic carbocycles. The highest BCUT2D eigenvalue weighted by atomic mass is 16.4. The van der Waals surface area contributed by atoms with Gasteiger partial charge in [0.1, 0.15) is 0 Å². The van der Waals surface area contributed by atoms with Crippen molar-refractivity contribution in [2.75, 3.05) is 30.8 Å². The molecule has 1 saturated heterocycles. The zero-order valence-electron chi connectivity index (χ0n) is 10.5. The summed E-state index contributed by atoms with van der Waals surface area (Å²) in [6.07, 6.45) is 0.890. The van der Waals surface area contributed by atoms with Crippen molar-refractivity contribution in [3.05, 3.63) is 24.3 Å². The summed E-state index contributed by atoms with van der Waals surface area (Å²) in [5, 5.41) is 8.95. The molecule has 1 amide bonds. The molecule has 0 atom stereocenters. The minimum absolute atomic E-state index is 0.132. The third-order valence-corrected chi connectivity index (χ3v) is 3.57. The molecule has 5 nitrogen and oxygen atoms in total. The fraction of sp³-hybridized carbons (Fsp3) is 0.462. The molecule has 1 aliphatic heterocycles. The lowest BCUT2D eigenvalue weighted by atomic mass is 10.0. The zero-order valence-corrected chi connectivity index (χ0v) is 10.5. The van der Waals surface area contributed by atoms with E-state index in [1.54, 1.807) is 7.05 Å². The van der Waals surface area contributed by atoms with Crippen LogP contribution in [0.1, 0.15) is 12.8 Å². The number of hydrogen-bond acceptors (Lipinski definition) is 3. The van der Waals surface area contributed by atoms with Crippen molar-refractivity contribution in [2.24, 2.45) is 0 Å². The first kappa shape index (κ1) is 12.5. The second-order valence-electron chi connectivity index (χ2n) is 4.70. The Morgan fingerprint density at radius 3 is 2.39 bits per heavy atom. The summed E-state index contributed by atoms with van der Waals surface area (Å²) >= 11 is 0. The van der Waals surface area contributed by atoms with Gasteiger partial charge >= 0.3 is 6.09 Å². The number of piperidine rings is 1. The van der Waals surface area contributed by atoms with Gasteiger partial charge in [-0.05, 0) is 37.1 Å². The van der Waals surface area contributed by atoms with E-state index in [9.17, 15) is 4.79 Å². The molecule has 1 aliphatic rings. The van der Waals surface area contributed by atoms with Gasteiger partial charge in [0.2, 0.25) is 0 Å². The fourth-order valence-electron chi connectivity index (χ4n) is 2.35. The maximum Gasteiger partial charge on any atom is 0.407 e. The second-order valence-corrected chi connectivity index (χ2v) is 4.70. The molecular formula is C13H19N3O2. The Labute approximate surface area is 107 Å². The normalized spacial score (nSPS) is 16.6. The van der Waals surface area contributed by atoms with Gasteiger partial charge in [-0.25, -0.2) is 4.79 Å². The number of carbonyl (C=O) groups is 1. The highest BCUT2D eigenvalue weighted by Crippen LogP contribution is 2.22. The molecule has 18 heavy (non-hydrogen) atoms. The quantitative estimate of drug-likeness (QED) is 0.785. The standard InChI is InChI=1S/C13H19N3O2/c1-15(13(17)18)11-6-8-16(9-7-11)12-4-2-10(14)3-5-12/h2-5,11H,6-9,14H2,1H3,(H,17,18). The van der Waals surface area contributed by atoms with Gasteiger partial charge in [-0.15, -0.1) is 0 Å². The van der Waals surface area contributed by atoms with E-state index in [0.29, 0.717) is 0 Å². The van der Waals surface area contributed by atoms with Crippen molar-refractivity contribution < 1.29 is 9.90 Å². The van der Waals surface area contributed by atoms with Gasteiger partial charge in [-0.2, -0.15) is 0 Å². The predicted molar refractivity (Wildman–Crippen MR) is 71.9 cm³/mol. The van der Waals surface area contributed by atoms with Gasteiger partial charge in [0.25, 0.3) is 0 Å². The number of nitrogens with zero attached hydrogens (tertiary/aromatic N) is 2. The van der Waals surface area contributed by atoms with Crippen LogP contribution in [0, 0.1) is 0 Å². The number of amides is 1. The molecule has 5 heteroatoms. The van der Waals surface area contributed by atoms with Crippen LogP contribution in [-0.4, -0.2) is 42.3 Å². The van der Waals surface area contributed by atoms with Gasteiger partial charge < -0.3 is 20.6 Å². The maximum absolute atomic E-state index is 10.9. The second kappa shape index (κ2) is 5.16. The summed E-state index contributed by atoms with van der Waals surface area (Å²) in [6, 6.07) is 7.94. The number of hydrogen-bond donors (Lipinski definition) is 2. The molecule has 0 unspecified atom stereocenters. The van der Waals surface area contributed by atoms with Crippen LogP contribution < -0.4 is 10.6 Å². The van der Waals surface area contributed by atoms with Gasteiger partial charge in [0.05, 0.1) is 0 Å². The summed E-state index contributed by atoms with van der Waals surface area (Å²) < 4.78 is 0. The summed E-state index contributed by atoms with van der Waals surface area (Å²) in [6.45, 7) is 1.76. The predicted octanol–water partition coefficient (Wildman–Crippen LogP) is 1.85. The maximum atomic E-state index is 10.9. The molecule has 98 valence electrons. The average Bonchev–Trinajstić information content (AvgIpc) is 2.39. The Kier molecular flexibility index (Phi) is 3.60. The van der Waals surface area contributed by atoms with Crippen LogP contribution in [0.15, 0.2) is 24.3 Å². The fourth-order valence-corrected chi connectivity index (χ4v) is 2.35. The van der Waals surface area contributed by atoms with Gasteiger partial charge in [0.15, 0.2) is 0 Å². The molecule has 1 aromatic carbocycles. The minimum atomic E-state index is -0.846. The van der Waals surface area contributed by atoms with E-state index >= 15 is 0 Å². The van der Waals surface area contributed by atoms with Crippen LogP contribution >= 0.6 is 0 Å². The Morgan fingerprint density at radius 1 is 1.33 bits per heavy atom. The van der Waals surface area contributed by atoms with Gasteiger partial charge in [0, 0.05) is 37.6 Å². The molecule has 0 bridgehead atoms. The third kappa shape index (κ3) is 2.67. The lowest BCUT2D eigenvalue weighted by molar-refractivity contribution is 0.131. The summed E-state index contributed by atoms with van der Waals surface area (Å²) in [5.41, 5.74) is 7.58. The topological polar surface area (TPSA) is 69.8 Å². The Balaban J connectivity index is 1.94. The summed E-state index contributed by atoms with van der Waals surface area (Å²) in [7, 11) is 1.64. The molecule has 1 aromatic rings. The minimum Gasteiger partial charge on any atom is -0.465 e. The van der Waals surface area contributed by atoms with E-state index in [1.165, 1.54) is 4.90 Å². The number of nitrogen functional groups attached to an aromatic ring is 1. The van der Waals surface area contributed by atoms with Crippen LogP contribution in [0.3, 0.4) is 0 Å². The molecular weight excluding hydrogens is 230 g/mol. The van der Waals surface area contributed by atoms with Crippen LogP contribution in [0.5, 0.6) is 0 Å². The first-order valence-electron chi connectivity index (χ1n) is 6.14. The number of anilines is 2. The first-order valence-corrected chi connectivity index (χ1v) is 6.14. The van der Waals surface area contributed by atoms with E-state index in [4.69, 9.17) is 10.8 Å². The van der Waals surface area contributed by atoms with Crippen LogP contribution in [-0.2, 0) is 0 Å². The Morgan fingerprint density at radius 2 is 1.89 bits per heavy atom. The van der Waals surface area contributed by atoms with Crippen molar-refractivity contribution in [1.29, 1.82) is 0 Å². The number of benzene rings is 1. The first-order chi connectivity index (χ1) is 8.58. The summed E-state index contributed by atoms with van der Waals surface area (Å²) in [5.74, 6) is 0. The number of nitrogens with two attached hydrogens (primary N) is 1. The number of rotatable bonds is 2. The van der Waals surface area contributed by atoms with Crippen molar-refractivity contribution in [3.8, 4) is 0 Å². The molecule has 1 heterocycles. The highest BCUT2D eigenvalue weighted by molar-refractivity contribution is 5.65.